The average Bonchev–Trinajstić information content (AvgIpc) is 2.05. The summed E-state index contributed by atoms with van der Waals surface area (Å²) >= 11 is 5.44. The highest BCUT2D eigenvalue weighted by Crippen LogP contribution is 2.04. The summed E-state index contributed by atoms with van der Waals surface area (Å²) in [5.41, 5.74) is 1.58. The van der Waals surface area contributed by atoms with Crippen molar-refractivity contribution in [2.24, 2.45) is 5.92 Å². The normalized spacial score (nSPS) is 14.2. The van der Waals surface area contributed by atoms with E-state index >= 15 is 0 Å². The van der Waals surface area contributed by atoms with Gasteiger partial charge >= 0.3 is 0 Å². The summed E-state index contributed by atoms with van der Waals surface area (Å²) in [4.78, 5) is 0. The van der Waals surface area contributed by atoms with Crippen molar-refractivity contribution in [1.29, 1.82) is 0 Å². The molecule has 0 fully saturated rings. The third-order valence-electron chi connectivity index (χ3n) is 1.54. The molecular formula is C10H18ClN. The van der Waals surface area contributed by atoms with Crippen LogP contribution in [0.3, 0.4) is 0 Å². The van der Waals surface area contributed by atoms with Crippen LogP contribution < -0.4 is 5.32 Å². The van der Waals surface area contributed by atoms with Gasteiger partial charge in [0, 0.05) is 12.1 Å². The summed E-state index contributed by atoms with van der Waals surface area (Å²) in [7, 11) is 0. The largest absolute Gasteiger partial charge is 0.391 e. The first kappa shape index (κ1) is 11.6. The lowest BCUT2D eigenvalue weighted by Crippen LogP contribution is -2.04. The molecule has 0 aromatic rings. The highest BCUT2D eigenvalue weighted by atomic mass is 35.5. The van der Waals surface area contributed by atoms with Crippen molar-refractivity contribution in [2.45, 2.75) is 26.7 Å². The fraction of sp³-hybridized carbons (Fsp3) is 0.600. The van der Waals surface area contributed by atoms with Gasteiger partial charge in [0.25, 0.3) is 0 Å². The zero-order chi connectivity index (χ0) is 9.23. The van der Waals surface area contributed by atoms with Crippen LogP contribution in [0.2, 0.25) is 0 Å². The molecule has 0 bridgehead atoms. The van der Waals surface area contributed by atoms with E-state index in [9.17, 15) is 0 Å². The van der Waals surface area contributed by atoms with Crippen LogP contribution >= 0.6 is 11.6 Å². The molecule has 70 valence electrons. The number of nitrogens with one attached hydrogen (secondary N) is 1. The van der Waals surface area contributed by atoms with Gasteiger partial charge in [-0.05, 0) is 25.0 Å². The van der Waals surface area contributed by atoms with Gasteiger partial charge in [-0.15, -0.1) is 0 Å². The summed E-state index contributed by atoms with van der Waals surface area (Å²) < 4.78 is 0. The molecule has 0 radical (unpaired) electrons. The second kappa shape index (κ2) is 8.66. The molecular weight excluding hydrogens is 170 g/mol. The van der Waals surface area contributed by atoms with E-state index in [1.165, 1.54) is 6.42 Å². The van der Waals surface area contributed by atoms with Gasteiger partial charge in [-0.3, -0.25) is 0 Å². The van der Waals surface area contributed by atoms with Crippen molar-refractivity contribution in [1.82, 2.24) is 5.32 Å². The minimum absolute atomic E-state index is 0.530. The minimum Gasteiger partial charge on any atom is -0.391 e. The molecule has 0 saturated heterocycles. The fourth-order valence-electron chi connectivity index (χ4n) is 0.796. The molecule has 2 heteroatoms. The lowest BCUT2D eigenvalue weighted by atomic mass is 10.1. The van der Waals surface area contributed by atoms with Crippen LogP contribution in [0.25, 0.3) is 0 Å². The van der Waals surface area contributed by atoms with Gasteiger partial charge in [0.05, 0.1) is 0 Å². The molecule has 0 heterocycles. The van der Waals surface area contributed by atoms with E-state index in [4.69, 9.17) is 11.6 Å². The molecule has 1 atom stereocenters. The number of halogens is 1. The van der Waals surface area contributed by atoms with Gasteiger partial charge < -0.3 is 5.32 Å². The SMILES string of the molecule is CCCN/C=C/CC(C)/C=C/Cl. The van der Waals surface area contributed by atoms with Crippen LogP contribution in [0.1, 0.15) is 26.7 Å². The Balaban J connectivity index is 3.33. The van der Waals surface area contributed by atoms with Crippen molar-refractivity contribution in [3.8, 4) is 0 Å². The predicted molar refractivity (Wildman–Crippen MR) is 56.2 cm³/mol. The van der Waals surface area contributed by atoms with Crippen molar-refractivity contribution in [3.63, 3.8) is 0 Å². The first-order valence-electron chi connectivity index (χ1n) is 4.46. The highest BCUT2D eigenvalue weighted by Gasteiger charge is 1.90. The smallest absolute Gasteiger partial charge is 0.0138 e. The molecule has 0 saturated carbocycles. The molecule has 0 aliphatic carbocycles. The van der Waals surface area contributed by atoms with E-state index in [1.807, 2.05) is 12.3 Å². The van der Waals surface area contributed by atoms with Crippen LogP contribution in [-0.2, 0) is 0 Å². The Kier molecular flexibility index (Phi) is 8.35. The molecule has 1 nitrogen and oxygen atoms in total. The Bertz CT molecular complexity index is 141. The summed E-state index contributed by atoms with van der Waals surface area (Å²) in [6.45, 7) is 5.35. The first-order valence-corrected chi connectivity index (χ1v) is 4.90. The molecule has 0 aliphatic heterocycles. The highest BCUT2D eigenvalue weighted by molar-refractivity contribution is 6.25. The maximum atomic E-state index is 5.44. The van der Waals surface area contributed by atoms with E-state index in [-0.39, 0.29) is 0 Å². The van der Waals surface area contributed by atoms with Gasteiger partial charge in [-0.2, -0.15) is 0 Å². The van der Waals surface area contributed by atoms with E-state index in [0.717, 1.165) is 13.0 Å². The van der Waals surface area contributed by atoms with Crippen molar-refractivity contribution in [3.05, 3.63) is 23.9 Å². The number of hydrogen-bond donors (Lipinski definition) is 1. The van der Waals surface area contributed by atoms with Crippen LogP contribution in [0.5, 0.6) is 0 Å². The molecule has 0 aromatic carbocycles. The van der Waals surface area contributed by atoms with E-state index in [1.54, 1.807) is 5.54 Å². The van der Waals surface area contributed by atoms with E-state index < -0.39 is 0 Å². The lowest BCUT2D eigenvalue weighted by molar-refractivity contribution is 0.735. The quantitative estimate of drug-likeness (QED) is 0.630. The summed E-state index contributed by atoms with van der Waals surface area (Å²) in [5.74, 6) is 0.530. The lowest BCUT2D eigenvalue weighted by Gasteiger charge is -2.00. The topological polar surface area (TPSA) is 12.0 Å². The van der Waals surface area contributed by atoms with Crippen LogP contribution in [0.4, 0.5) is 0 Å². The Morgan fingerprint density at radius 1 is 1.50 bits per heavy atom. The van der Waals surface area contributed by atoms with Gasteiger partial charge in [0.2, 0.25) is 0 Å². The zero-order valence-corrected chi connectivity index (χ0v) is 8.64. The number of hydrogen-bond acceptors (Lipinski definition) is 1. The standard InChI is InChI=1S/C10H18ClN/c1-3-8-12-9-4-5-10(2)6-7-11/h4,6-7,9-10,12H,3,5,8H2,1-2H3/b7-6+,9-4+. The Hall–Kier alpha value is -0.430. The van der Waals surface area contributed by atoms with Gasteiger partial charge in [0.1, 0.15) is 0 Å². The van der Waals surface area contributed by atoms with Crippen LogP contribution in [0, 0.1) is 5.92 Å². The summed E-state index contributed by atoms with van der Waals surface area (Å²) in [6, 6.07) is 0. The molecule has 0 aliphatic rings. The molecule has 0 spiro atoms. The first-order chi connectivity index (χ1) is 5.81. The Morgan fingerprint density at radius 3 is 2.83 bits per heavy atom. The molecule has 12 heavy (non-hydrogen) atoms. The third kappa shape index (κ3) is 7.67. The molecule has 0 amide bonds. The fourth-order valence-corrected chi connectivity index (χ4v) is 1.04. The molecule has 0 aromatic heterocycles. The molecule has 1 unspecified atom stereocenters. The second-order valence-electron chi connectivity index (χ2n) is 2.89. The van der Waals surface area contributed by atoms with Gasteiger partial charge in [-0.1, -0.05) is 37.6 Å². The number of rotatable bonds is 6. The van der Waals surface area contributed by atoms with Crippen LogP contribution in [-0.4, -0.2) is 6.54 Å². The Labute approximate surface area is 80.5 Å². The van der Waals surface area contributed by atoms with Crippen molar-refractivity contribution >= 4 is 11.6 Å². The van der Waals surface area contributed by atoms with Crippen molar-refractivity contribution in [2.75, 3.05) is 6.54 Å². The minimum atomic E-state index is 0.530. The van der Waals surface area contributed by atoms with E-state index in [2.05, 4.69) is 25.2 Å². The van der Waals surface area contributed by atoms with Crippen LogP contribution in [0.15, 0.2) is 23.9 Å². The Morgan fingerprint density at radius 2 is 2.25 bits per heavy atom. The van der Waals surface area contributed by atoms with E-state index in [0.29, 0.717) is 5.92 Å². The monoisotopic (exact) mass is 187 g/mol. The van der Waals surface area contributed by atoms with Gasteiger partial charge in [0.15, 0.2) is 0 Å². The summed E-state index contributed by atoms with van der Waals surface area (Å²) in [5, 5.41) is 3.19. The second-order valence-corrected chi connectivity index (χ2v) is 3.14. The molecule has 0 rings (SSSR count). The third-order valence-corrected chi connectivity index (χ3v) is 1.68. The summed E-state index contributed by atoms with van der Waals surface area (Å²) in [6.07, 6.45) is 8.35. The maximum Gasteiger partial charge on any atom is 0.0138 e. The zero-order valence-electron chi connectivity index (χ0n) is 7.89. The number of allylic oxidation sites excluding steroid dienone is 2. The van der Waals surface area contributed by atoms with Crippen molar-refractivity contribution < 1.29 is 0 Å². The average molecular weight is 188 g/mol. The predicted octanol–water partition coefficient (Wildman–Crippen LogP) is 3.28. The molecule has 1 N–H and O–H groups in total. The van der Waals surface area contributed by atoms with Gasteiger partial charge in [-0.25, -0.2) is 0 Å². The maximum absolute atomic E-state index is 5.44.